The monoisotopic (exact) mass is 460 g/mol. The molecule has 0 bridgehead atoms. The SMILES string of the molecule is COCCn1c(-c2ccc(OC)cc2)cnc1NC(=O)Nc1cc(Cl)c(OC)cc1OC. The Kier molecular flexibility index (Phi) is 7.80. The molecule has 0 aliphatic heterocycles. The van der Waals surface area contributed by atoms with Gasteiger partial charge in [-0.2, -0.15) is 0 Å². The highest BCUT2D eigenvalue weighted by Gasteiger charge is 2.17. The van der Waals surface area contributed by atoms with E-state index in [1.807, 2.05) is 28.8 Å². The fourth-order valence-electron chi connectivity index (χ4n) is 3.09. The Balaban J connectivity index is 1.84. The molecule has 0 spiro atoms. The minimum atomic E-state index is -0.505. The molecule has 0 saturated carbocycles. The van der Waals surface area contributed by atoms with Crippen LogP contribution in [0.25, 0.3) is 11.3 Å². The van der Waals surface area contributed by atoms with E-state index in [2.05, 4.69) is 15.6 Å². The maximum absolute atomic E-state index is 12.7. The summed E-state index contributed by atoms with van der Waals surface area (Å²) in [5.74, 6) is 1.96. The molecule has 170 valence electrons. The van der Waals surface area contributed by atoms with Crippen molar-refractivity contribution in [2.75, 3.05) is 45.7 Å². The average Bonchev–Trinajstić information content (AvgIpc) is 3.19. The maximum Gasteiger partial charge on any atom is 0.326 e. The van der Waals surface area contributed by atoms with Crippen molar-refractivity contribution in [3.05, 3.63) is 47.6 Å². The van der Waals surface area contributed by atoms with Crippen LogP contribution in [0.5, 0.6) is 17.2 Å². The van der Waals surface area contributed by atoms with Gasteiger partial charge in [0.2, 0.25) is 5.95 Å². The van der Waals surface area contributed by atoms with E-state index in [0.717, 1.165) is 17.0 Å². The van der Waals surface area contributed by atoms with Gasteiger partial charge in [0.05, 0.1) is 50.5 Å². The number of hydrogen-bond donors (Lipinski definition) is 2. The fraction of sp³-hybridized carbons (Fsp3) is 0.273. The quantitative estimate of drug-likeness (QED) is 0.487. The standard InChI is InChI=1S/C22H25ClN4O5/c1-29-10-9-27-18(14-5-7-15(30-2)8-6-14)13-24-21(27)26-22(28)25-17-11-16(23)19(31-3)12-20(17)32-4/h5-8,11-13H,9-10H2,1-4H3,(H2,24,25,26,28). The molecule has 10 heteroatoms. The predicted molar refractivity (Wildman–Crippen MR) is 123 cm³/mol. The first-order chi connectivity index (χ1) is 15.5. The number of halogens is 1. The molecule has 3 rings (SSSR count). The molecule has 0 aliphatic carbocycles. The zero-order valence-electron chi connectivity index (χ0n) is 18.3. The lowest BCUT2D eigenvalue weighted by Gasteiger charge is -2.15. The predicted octanol–water partition coefficient (Wildman–Crippen LogP) is 4.52. The molecule has 0 atom stereocenters. The summed E-state index contributed by atoms with van der Waals surface area (Å²) in [5.41, 5.74) is 2.14. The van der Waals surface area contributed by atoms with Gasteiger partial charge in [0, 0.05) is 25.3 Å². The molecule has 2 N–H and O–H groups in total. The number of methoxy groups -OCH3 is 4. The minimum absolute atomic E-state index is 0.340. The Hall–Kier alpha value is -3.43. The summed E-state index contributed by atoms with van der Waals surface area (Å²) in [4.78, 5) is 17.1. The van der Waals surface area contributed by atoms with E-state index in [0.29, 0.717) is 41.3 Å². The van der Waals surface area contributed by atoms with Crippen molar-refractivity contribution < 1.29 is 23.7 Å². The summed E-state index contributed by atoms with van der Waals surface area (Å²) in [6, 6.07) is 10.2. The number of aromatic nitrogens is 2. The van der Waals surface area contributed by atoms with Gasteiger partial charge in [0.1, 0.15) is 17.2 Å². The van der Waals surface area contributed by atoms with Crippen LogP contribution in [0.2, 0.25) is 5.02 Å². The number of carbonyl (C=O) groups is 1. The molecule has 1 aromatic heterocycles. The summed E-state index contributed by atoms with van der Waals surface area (Å²) in [5, 5.41) is 5.84. The van der Waals surface area contributed by atoms with Crippen molar-refractivity contribution in [1.29, 1.82) is 0 Å². The molecule has 32 heavy (non-hydrogen) atoms. The van der Waals surface area contributed by atoms with Crippen LogP contribution in [-0.2, 0) is 11.3 Å². The fourth-order valence-corrected chi connectivity index (χ4v) is 3.33. The van der Waals surface area contributed by atoms with E-state index in [-0.39, 0.29) is 0 Å². The third-order valence-electron chi connectivity index (χ3n) is 4.71. The Labute approximate surface area is 191 Å². The number of nitrogens with one attached hydrogen (secondary N) is 2. The van der Waals surface area contributed by atoms with Gasteiger partial charge in [-0.3, -0.25) is 5.32 Å². The van der Waals surface area contributed by atoms with Gasteiger partial charge in [-0.15, -0.1) is 0 Å². The number of amides is 2. The van der Waals surface area contributed by atoms with Gasteiger partial charge in [-0.25, -0.2) is 9.78 Å². The van der Waals surface area contributed by atoms with Gasteiger partial charge in [0.15, 0.2) is 0 Å². The number of carbonyl (C=O) groups excluding carboxylic acids is 1. The van der Waals surface area contributed by atoms with Crippen LogP contribution in [0.1, 0.15) is 0 Å². The van der Waals surface area contributed by atoms with Gasteiger partial charge < -0.3 is 28.8 Å². The van der Waals surface area contributed by atoms with E-state index >= 15 is 0 Å². The zero-order valence-corrected chi connectivity index (χ0v) is 19.0. The van der Waals surface area contributed by atoms with E-state index in [1.165, 1.54) is 14.2 Å². The number of benzene rings is 2. The van der Waals surface area contributed by atoms with Crippen molar-refractivity contribution in [3.63, 3.8) is 0 Å². The summed E-state index contributed by atoms with van der Waals surface area (Å²) >= 11 is 6.19. The summed E-state index contributed by atoms with van der Waals surface area (Å²) in [7, 11) is 6.22. The van der Waals surface area contributed by atoms with Crippen molar-refractivity contribution in [3.8, 4) is 28.5 Å². The molecule has 2 aromatic carbocycles. The second-order valence-electron chi connectivity index (χ2n) is 6.61. The first kappa shape index (κ1) is 23.2. The molecule has 3 aromatic rings. The Morgan fingerprint density at radius 2 is 1.72 bits per heavy atom. The highest BCUT2D eigenvalue weighted by molar-refractivity contribution is 6.32. The van der Waals surface area contributed by atoms with Crippen molar-refractivity contribution in [2.45, 2.75) is 6.54 Å². The van der Waals surface area contributed by atoms with Crippen LogP contribution in [0.15, 0.2) is 42.6 Å². The number of anilines is 2. The molecular formula is C22H25ClN4O5. The van der Waals surface area contributed by atoms with Crippen LogP contribution in [0, 0.1) is 0 Å². The molecular weight excluding hydrogens is 436 g/mol. The second kappa shape index (κ2) is 10.7. The number of hydrogen-bond acceptors (Lipinski definition) is 6. The van der Waals surface area contributed by atoms with Crippen LogP contribution >= 0.6 is 11.6 Å². The third-order valence-corrected chi connectivity index (χ3v) is 5.00. The molecule has 0 fully saturated rings. The van der Waals surface area contributed by atoms with Crippen molar-refractivity contribution in [1.82, 2.24) is 9.55 Å². The van der Waals surface area contributed by atoms with Crippen LogP contribution < -0.4 is 24.8 Å². The molecule has 2 amide bonds. The highest BCUT2D eigenvalue weighted by Crippen LogP contribution is 2.36. The smallest absolute Gasteiger partial charge is 0.326 e. The molecule has 0 unspecified atom stereocenters. The van der Waals surface area contributed by atoms with E-state index in [1.54, 1.807) is 32.5 Å². The number of urea groups is 1. The number of ether oxygens (including phenoxy) is 4. The number of nitrogens with zero attached hydrogens (tertiary/aromatic N) is 2. The zero-order chi connectivity index (χ0) is 23.1. The molecule has 9 nitrogen and oxygen atoms in total. The lowest BCUT2D eigenvalue weighted by atomic mass is 10.1. The van der Waals surface area contributed by atoms with Gasteiger partial charge >= 0.3 is 6.03 Å². The molecule has 0 aliphatic rings. The summed E-state index contributed by atoms with van der Waals surface area (Å²) in [6.07, 6.45) is 1.69. The lowest BCUT2D eigenvalue weighted by Crippen LogP contribution is -2.23. The molecule has 0 saturated heterocycles. The summed E-state index contributed by atoms with van der Waals surface area (Å²) in [6.45, 7) is 0.933. The topological polar surface area (TPSA) is 95.9 Å². The van der Waals surface area contributed by atoms with Gasteiger partial charge in [-0.05, 0) is 30.3 Å². The first-order valence-electron chi connectivity index (χ1n) is 9.69. The largest absolute Gasteiger partial charge is 0.497 e. The van der Waals surface area contributed by atoms with Crippen molar-refractivity contribution >= 4 is 29.3 Å². The Bertz CT molecular complexity index is 1070. The minimum Gasteiger partial charge on any atom is -0.497 e. The second-order valence-corrected chi connectivity index (χ2v) is 7.01. The highest BCUT2D eigenvalue weighted by atomic mass is 35.5. The van der Waals surface area contributed by atoms with Gasteiger partial charge in [-0.1, -0.05) is 11.6 Å². The Morgan fingerprint density at radius 1 is 1.00 bits per heavy atom. The van der Waals surface area contributed by atoms with E-state index in [9.17, 15) is 4.79 Å². The normalized spacial score (nSPS) is 10.5. The average molecular weight is 461 g/mol. The van der Waals surface area contributed by atoms with E-state index < -0.39 is 6.03 Å². The summed E-state index contributed by atoms with van der Waals surface area (Å²) < 4.78 is 22.8. The molecule has 0 radical (unpaired) electrons. The molecule has 1 heterocycles. The van der Waals surface area contributed by atoms with Crippen LogP contribution in [-0.4, -0.2) is 50.6 Å². The Morgan fingerprint density at radius 3 is 2.34 bits per heavy atom. The number of imidazole rings is 1. The van der Waals surface area contributed by atoms with Crippen LogP contribution in [0.3, 0.4) is 0 Å². The first-order valence-corrected chi connectivity index (χ1v) is 10.1. The third kappa shape index (κ3) is 5.24. The van der Waals surface area contributed by atoms with E-state index in [4.69, 9.17) is 30.5 Å². The van der Waals surface area contributed by atoms with Crippen LogP contribution in [0.4, 0.5) is 16.4 Å². The number of rotatable bonds is 9. The maximum atomic E-state index is 12.7. The van der Waals surface area contributed by atoms with Crippen molar-refractivity contribution in [2.24, 2.45) is 0 Å². The lowest BCUT2D eigenvalue weighted by molar-refractivity contribution is 0.188. The van der Waals surface area contributed by atoms with Gasteiger partial charge in [0.25, 0.3) is 0 Å².